The Morgan fingerprint density at radius 1 is 1.50 bits per heavy atom. The van der Waals surface area contributed by atoms with Crippen LogP contribution in [-0.4, -0.2) is 58.9 Å². The molecule has 1 N–H and O–H groups in total. The molecule has 6 nitrogen and oxygen atoms in total. The van der Waals surface area contributed by atoms with Gasteiger partial charge in [0.15, 0.2) is 11.5 Å². The number of aromatic carboxylic acids is 1. The third-order valence-corrected chi connectivity index (χ3v) is 4.55. The molecule has 0 aliphatic carbocycles. The Morgan fingerprint density at radius 3 is 2.65 bits per heavy atom. The molecule has 2 rings (SSSR count). The summed E-state index contributed by atoms with van der Waals surface area (Å²) < 4.78 is 0. The normalized spacial score (nSPS) is 21.9. The number of rotatable bonds is 4. The van der Waals surface area contributed by atoms with Crippen molar-refractivity contribution in [2.75, 3.05) is 32.1 Å². The van der Waals surface area contributed by atoms with Crippen LogP contribution < -0.4 is 4.90 Å². The highest BCUT2D eigenvalue weighted by atomic mass is 16.4. The molecule has 0 radical (unpaired) electrons. The Labute approximate surface area is 119 Å². The van der Waals surface area contributed by atoms with Gasteiger partial charge in [-0.3, -0.25) is 0 Å². The fraction of sp³-hybridized carbons (Fsp3) is 0.643. The number of hydrogen-bond donors (Lipinski definition) is 1. The molecule has 0 spiro atoms. The SMILES string of the molecule is CN(CC1CCN(C)C1(C)C)c1ccc(C(=O)O)nn1. The zero-order valence-corrected chi connectivity index (χ0v) is 12.5. The first-order valence-corrected chi connectivity index (χ1v) is 6.81. The molecule has 1 atom stereocenters. The average Bonchev–Trinajstić information content (AvgIpc) is 2.65. The van der Waals surface area contributed by atoms with Crippen LogP contribution in [0.3, 0.4) is 0 Å². The maximum absolute atomic E-state index is 10.8. The van der Waals surface area contributed by atoms with Crippen LogP contribution in [0.2, 0.25) is 0 Å². The monoisotopic (exact) mass is 278 g/mol. The lowest BCUT2D eigenvalue weighted by atomic mass is 9.88. The van der Waals surface area contributed by atoms with Gasteiger partial charge in [-0.2, -0.15) is 0 Å². The highest BCUT2D eigenvalue weighted by Gasteiger charge is 2.39. The molecule has 0 saturated carbocycles. The lowest BCUT2D eigenvalue weighted by molar-refractivity contribution is 0.0689. The first kappa shape index (κ1) is 14.7. The first-order valence-electron chi connectivity index (χ1n) is 6.81. The molecule has 1 aliphatic heterocycles. The number of carbonyl (C=O) groups is 1. The van der Waals surface area contributed by atoms with Crippen molar-refractivity contribution in [3.05, 3.63) is 17.8 Å². The highest BCUT2D eigenvalue weighted by Crippen LogP contribution is 2.33. The first-order chi connectivity index (χ1) is 9.32. The molecule has 6 heteroatoms. The Balaban J connectivity index is 2.05. The summed E-state index contributed by atoms with van der Waals surface area (Å²) in [6.07, 6.45) is 1.16. The van der Waals surface area contributed by atoms with Crippen LogP contribution in [0.15, 0.2) is 12.1 Å². The van der Waals surface area contributed by atoms with Gasteiger partial charge in [0.05, 0.1) is 0 Å². The standard InChI is InChI=1S/C14H22N4O2/c1-14(2)10(7-8-18(14)4)9-17(3)12-6-5-11(13(19)20)15-16-12/h5-6,10H,7-9H2,1-4H3,(H,19,20). The second-order valence-corrected chi connectivity index (χ2v) is 6.02. The Kier molecular flexibility index (Phi) is 3.94. The fourth-order valence-corrected chi connectivity index (χ4v) is 2.68. The van der Waals surface area contributed by atoms with E-state index in [1.54, 1.807) is 6.07 Å². The minimum absolute atomic E-state index is 0.0249. The predicted molar refractivity (Wildman–Crippen MR) is 77.1 cm³/mol. The molecule has 1 fully saturated rings. The summed E-state index contributed by atoms with van der Waals surface area (Å²) in [4.78, 5) is 15.2. The minimum atomic E-state index is -1.05. The predicted octanol–water partition coefficient (Wildman–Crippen LogP) is 1.34. The van der Waals surface area contributed by atoms with Gasteiger partial charge in [0, 0.05) is 19.1 Å². The zero-order valence-electron chi connectivity index (χ0n) is 12.5. The lowest BCUT2D eigenvalue weighted by Gasteiger charge is -2.35. The molecule has 0 bridgehead atoms. The smallest absolute Gasteiger partial charge is 0.356 e. The number of anilines is 1. The Bertz CT molecular complexity index is 486. The van der Waals surface area contributed by atoms with Crippen LogP contribution in [0.25, 0.3) is 0 Å². The van der Waals surface area contributed by atoms with Crippen LogP contribution in [0.4, 0.5) is 5.82 Å². The molecular formula is C14H22N4O2. The Hall–Kier alpha value is -1.69. The van der Waals surface area contributed by atoms with E-state index in [-0.39, 0.29) is 11.2 Å². The molecular weight excluding hydrogens is 256 g/mol. The van der Waals surface area contributed by atoms with Crippen molar-refractivity contribution in [2.24, 2.45) is 5.92 Å². The van der Waals surface area contributed by atoms with Crippen molar-refractivity contribution in [3.8, 4) is 0 Å². The molecule has 1 saturated heterocycles. The van der Waals surface area contributed by atoms with Gasteiger partial charge in [-0.05, 0) is 51.9 Å². The van der Waals surface area contributed by atoms with Gasteiger partial charge in [-0.15, -0.1) is 10.2 Å². The average molecular weight is 278 g/mol. The summed E-state index contributed by atoms with van der Waals surface area (Å²) in [6, 6.07) is 3.20. The van der Waals surface area contributed by atoms with Crippen molar-refractivity contribution in [2.45, 2.75) is 25.8 Å². The van der Waals surface area contributed by atoms with Crippen LogP contribution in [0.5, 0.6) is 0 Å². The molecule has 2 heterocycles. The van der Waals surface area contributed by atoms with Gasteiger partial charge in [0.25, 0.3) is 0 Å². The molecule has 0 amide bonds. The number of likely N-dealkylation sites (tertiary alicyclic amines) is 1. The van der Waals surface area contributed by atoms with E-state index in [0.717, 1.165) is 19.5 Å². The van der Waals surface area contributed by atoms with Gasteiger partial charge in [0.1, 0.15) is 0 Å². The van der Waals surface area contributed by atoms with Gasteiger partial charge in [0.2, 0.25) is 0 Å². The van der Waals surface area contributed by atoms with Gasteiger partial charge in [-0.1, -0.05) is 0 Å². The van der Waals surface area contributed by atoms with E-state index in [9.17, 15) is 4.79 Å². The largest absolute Gasteiger partial charge is 0.476 e. The summed E-state index contributed by atoms with van der Waals surface area (Å²) in [6.45, 7) is 6.52. The summed E-state index contributed by atoms with van der Waals surface area (Å²) in [5, 5.41) is 16.5. The number of carboxylic acid groups (broad SMARTS) is 1. The van der Waals surface area contributed by atoms with Crippen LogP contribution >= 0.6 is 0 Å². The third kappa shape index (κ3) is 2.75. The van der Waals surface area contributed by atoms with Crippen LogP contribution in [0.1, 0.15) is 30.8 Å². The summed E-state index contributed by atoms with van der Waals surface area (Å²) in [5.41, 5.74) is 0.144. The van der Waals surface area contributed by atoms with Crippen molar-refractivity contribution >= 4 is 11.8 Å². The van der Waals surface area contributed by atoms with E-state index in [0.29, 0.717) is 11.7 Å². The third-order valence-electron chi connectivity index (χ3n) is 4.55. The second-order valence-electron chi connectivity index (χ2n) is 6.02. The van der Waals surface area contributed by atoms with Crippen molar-refractivity contribution in [1.82, 2.24) is 15.1 Å². The summed E-state index contributed by atoms with van der Waals surface area (Å²) >= 11 is 0. The molecule has 1 unspecified atom stereocenters. The van der Waals surface area contributed by atoms with Gasteiger partial charge >= 0.3 is 5.97 Å². The quantitative estimate of drug-likeness (QED) is 0.896. The number of nitrogens with zero attached hydrogens (tertiary/aromatic N) is 4. The molecule has 20 heavy (non-hydrogen) atoms. The summed E-state index contributed by atoms with van der Waals surface area (Å²) in [7, 11) is 4.13. The number of hydrogen-bond acceptors (Lipinski definition) is 5. The van der Waals surface area contributed by atoms with E-state index in [4.69, 9.17) is 5.11 Å². The van der Waals surface area contributed by atoms with E-state index in [2.05, 4.69) is 36.0 Å². The molecule has 0 aromatic carbocycles. The number of aromatic nitrogens is 2. The van der Waals surface area contributed by atoms with Crippen molar-refractivity contribution in [3.63, 3.8) is 0 Å². The van der Waals surface area contributed by atoms with Crippen molar-refractivity contribution < 1.29 is 9.90 Å². The highest BCUT2D eigenvalue weighted by molar-refractivity contribution is 5.85. The van der Waals surface area contributed by atoms with E-state index >= 15 is 0 Å². The van der Waals surface area contributed by atoms with Crippen LogP contribution in [-0.2, 0) is 0 Å². The Morgan fingerprint density at radius 2 is 2.20 bits per heavy atom. The summed E-state index contributed by atoms with van der Waals surface area (Å²) in [5.74, 6) is 0.212. The van der Waals surface area contributed by atoms with Gasteiger partial charge in [-0.25, -0.2) is 4.79 Å². The fourth-order valence-electron chi connectivity index (χ4n) is 2.68. The maximum Gasteiger partial charge on any atom is 0.356 e. The van der Waals surface area contributed by atoms with E-state index in [1.165, 1.54) is 6.07 Å². The van der Waals surface area contributed by atoms with Crippen LogP contribution in [0, 0.1) is 5.92 Å². The second kappa shape index (κ2) is 5.36. The molecule has 110 valence electrons. The minimum Gasteiger partial charge on any atom is -0.476 e. The lowest BCUT2D eigenvalue weighted by Crippen LogP contribution is -2.43. The van der Waals surface area contributed by atoms with E-state index in [1.807, 2.05) is 11.9 Å². The van der Waals surface area contributed by atoms with E-state index < -0.39 is 5.97 Å². The maximum atomic E-state index is 10.8. The van der Waals surface area contributed by atoms with Crippen molar-refractivity contribution in [1.29, 1.82) is 0 Å². The molecule has 1 aliphatic rings. The zero-order chi connectivity index (χ0) is 14.9. The topological polar surface area (TPSA) is 69.6 Å². The molecule has 1 aromatic rings. The number of carboxylic acids is 1. The van der Waals surface area contributed by atoms with Gasteiger partial charge < -0.3 is 14.9 Å². The molecule has 1 aromatic heterocycles.